The first-order chi connectivity index (χ1) is 9.20. The smallest absolute Gasteiger partial charge is 0.126 e. The lowest BCUT2D eigenvalue weighted by molar-refractivity contribution is 0.584. The van der Waals surface area contributed by atoms with E-state index in [2.05, 4.69) is 15.3 Å². The summed E-state index contributed by atoms with van der Waals surface area (Å²) in [6.07, 6.45) is 4.21. The summed E-state index contributed by atoms with van der Waals surface area (Å²) in [5.74, 6) is 0.420. The van der Waals surface area contributed by atoms with Crippen LogP contribution >= 0.6 is 0 Å². The molecule has 1 aliphatic rings. The van der Waals surface area contributed by atoms with E-state index < -0.39 is 11.6 Å². The third-order valence-electron chi connectivity index (χ3n) is 3.22. The van der Waals surface area contributed by atoms with E-state index in [0.29, 0.717) is 17.8 Å². The Morgan fingerprint density at radius 3 is 2.63 bits per heavy atom. The van der Waals surface area contributed by atoms with Gasteiger partial charge in [0.2, 0.25) is 0 Å². The standard InChI is InChI=1S/C14H15F2N3/c15-11-3-10(4-12(16)5-11)13-7-18-14(19-13)8-17-6-9-1-2-9/h3-5,7,9,17H,1-2,6,8H2,(H,18,19). The van der Waals surface area contributed by atoms with Crippen LogP contribution in [0.25, 0.3) is 11.3 Å². The van der Waals surface area contributed by atoms with Gasteiger partial charge in [-0.1, -0.05) is 0 Å². The van der Waals surface area contributed by atoms with Crippen molar-refractivity contribution in [3.8, 4) is 11.3 Å². The monoisotopic (exact) mass is 263 g/mol. The van der Waals surface area contributed by atoms with Gasteiger partial charge in [0.1, 0.15) is 17.5 Å². The molecule has 2 aromatic rings. The lowest BCUT2D eigenvalue weighted by Gasteiger charge is -2.01. The number of H-pyrrole nitrogens is 1. The number of imidazole rings is 1. The molecule has 1 aromatic heterocycles. The van der Waals surface area contributed by atoms with Crippen molar-refractivity contribution in [1.82, 2.24) is 15.3 Å². The fourth-order valence-electron chi connectivity index (χ4n) is 2.03. The van der Waals surface area contributed by atoms with E-state index in [1.54, 1.807) is 6.20 Å². The van der Waals surface area contributed by atoms with E-state index in [1.165, 1.54) is 25.0 Å². The zero-order valence-electron chi connectivity index (χ0n) is 10.4. The van der Waals surface area contributed by atoms with Crippen LogP contribution in [0.15, 0.2) is 24.4 Å². The maximum absolute atomic E-state index is 13.1. The lowest BCUT2D eigenvalue weighted by Crippen LogP contribution is -2.16. The van der Waals surface area contributed by atoms with Gasteiger partial charge in [0.05, 0.1) is 18.4 Å². The second-order valence-electron chi connectivity index (χ2n) is 4.98. The predicted molar refractivity (Wildman–Crippen MR) is 68.4 cm³/mol. The highest BCUT2D eigenvalue weighted by atomic mass is 19.1. The van der Waals surface area contributed by atoms with E-state index >= 15 is 0 Å². The number of halogens is 2. The van der Waals surface area contributed by atoms with Gasteiger partial charge >= 0.3 is 0 Å². The van der Waals surface area contributed by atoms with Crippen molar-refractivity contribution in [2.45, 2.75) is 19.4 Å². The van der Waals surface area contributed by atoms with E-state index in [-0.39, 0.29) is 0 Å². The first-order valence-electron chi connectivity index (χ1n) is 6.42. The summed E-state index contributed by atoms with van der Waals surface area (Å²) in [5.41, 5.74) is 1.10. The summed E-state index contributed by atoms with van der Waals surface area (Å²) in [5, 5.41) is 3.31. The molecule has 1 heterocycles. The summed E-state index contributed by atoms with van der Waals surface area (Å²) < 4.78 is 26.3. The van der Waals surface area contributed by atoms with Crippen molar-refractivity contribution in [1.29, 1.82) is 0 Å². The summed E-state index contributed by atoms with van der Waals surface area (Å²) in [7, 11) is 0. The summed E-state index contributed by atoms with van der Waals surface area (Å²) >= 11 is 0. The molecule has 0 saturated heterocycles. The van der Waals surface area contributed by atoms with Crippen molar-refractivity contribution in [3.05, 3.63) is 41.9 Å². The normalized spacial score (nSPS) is 14.8. The maximum Gasteiger partial charge on any atom is 0.126 e. The largest absolute Gasteiger partial charge is 0.341 e. The Hall–Kier alpha value is -1.75. The van der Waals surface area contributed by atoms with Gasteiger partial charge in [-0.3, -0.25) is 0 Å². The van der Waals surface area contributed by atoms with Crippen LogP contribution in [-0.2, 0) is 6.54 Å². The molecule has 0 aliphatic heterocycles. The minimum absolute atomic E-state index is 0.471. The molecule has 1 aliphatic carbocycles. The summed E-state index contributed by atoms with van der Waals surface area (Å²) in [6, 6.07) is 3.44. The Labute approximate surface area is 110 Å². The molecule has 3 rings (SSSR count). The molecule has 0 radical (unpaired) electrons. The fourth-order valence-corrected chi connectivity index (χ4v) is 2.03. The Kier molecular flexibility index (Phi) is 3.29. The number of hydrogen-bond donors (Lipinski definition) is 2. The maximum atomic E-state index is 13.1. The Morgan fingerprint density at radius 2 is 1.95 bits per heavy atom. The fraction of sp³-hybridized carbons (Fsp3) is 0.357. The third kappa shape index (κ3) is 3.17. The first kappa shape index (κ1) is 12.3. The van der Waals surface area contributed by atoms with Crippen molar-refractivity contribution in [2.75, 3.05) is 6.54 Å². The third-order valence-corrected chi connectivity index (χ3v) is 3.22. The topological polar surface area (TPSA) is 40.7 Å². The summed E-state index contributed by atoms with van der Waals surface area (Å²) in [6.45, 7) is 1.65. The molecule has 100 valence electrons. The minimum atomic E-state index is -0.585. The molecule has 2 N–H and O–H groups in total. The van der Waals surface area contributed by atoms with Crippen LogP contribution in [0.3, 0.4) is 0 Å². The van der Waals surface area contributed by atoms with Crippen molar-refractivity contribution in [2.24, 2.45) is 5.92 Å². The Balaban J connectivity index is 1.68. The van der Waals surface area contributed by atoms with Crippen LogP contribution in [0.2, 0.25) is 0 Å². The van der Waals surface area contributed by atoms with Crippen LogP contribution in [-0.4, -0.2) is 16.5 Å². The molecule has 1 aromatic carbocycles. The van der Waals surface area contributed by atoms with Gasteiger partial charge in [0.15, 0.2) is 0 Å². The predicted octanol–water partition coefficient (Wildman–Crippen LogP) is 2.85. The van der Waals surface area contributed by atoms with E-state index in [1.807, 2.05) is 0 Å². The molecule has 5 heteroatoms. The molecule has 0 spiro atoms. The lowest BCUT2D eigenvalue weighted by atomic mass is 10.1. The zero-order valence-corrected chi connectivity index (χ0v) is 10.4. The first-order valence-corrected chi connectivity index (χ1v) is 6.42. The van der Waals surface area contributed by atoms with Gasteiger partial charge in [0, 0.05) is 11.6 Å². The molecular formula is C14H15F2N3. The second kappa shape index (κ2) is 5.09. The van der Waals surface area contributed by atoms with E-state index in [9.17, 15) is 8.78 Å². The SMILES string of the molecule is Fc1cc(F)cc(-c2cnc(CNCC3CC3)[nH]2)c1. The van der Waals surface area contributed by atoms with Gasteiger partial charge in [-0.05, 0) is 37.4 Å². The number of rotatable bonds is 5. The van der Waals surface area contributed by atoms with Gasteiger partial charge in [-0.15, -0.1) is 0 Å². The van der Waals surface area contributed by atoms with Crippen LogP contribution in [0, 0.1) is 17.6 Å². The number of benzene rings is 1. The van der Waals surface area contributed by atoms with Gasteiger partial charge < -0.3 is 10.3 Å². The van der Waals surface area contributed by atoms with Crippen LogP contribution in [0.5, 0.6) is 0 Å². The molecule has 1 saturated carbocycles. The average Bonchev–Trinajstić information content (AvgIpc) is 3.04. The number of aromatic amines is 1. The van der Waals surface area contributed by atoms with E-state index in [0.717, 1.165) is 24.4 Å². The number of aromatic nitrogens is 2. The van der Waals surface area contributed by atoms with Crippen LogP contribution < -0.4 is 5.32 Å². The molecule has 3 nitrogen and oxygen atoms in total. The van der Waals surface area contributed by atoms with Crippen molar-refractivity contribution in [3.63, 3.8) is 0 Å². The quantitative estimate of drug-likeness (QED) is 0.871. The average molecular weight is 263 g/mol. The Bertz CT molecular complexity index is 556. The number of hydrogen-bond acceptors (Lipinski definition) is 2. The second-order valence-corrected chi connectivity index (χ2v) is 4.98. The van der Waals surface area contributed by atoms with Crippen molar-refractivity contribution < 1.29 is 8.78 Å². The van der Waals surface area contributed by atoms with Crippen LogP contribution in [0.1, 0.15) is 18.7 Å². The number of nitrogens with one attached hydrogen (secondary N) is 2. The molecule has 0 amide bonds. The van der Waals surface area contributed by atoms with Gasteiger partial charge in [-0.2, -0.15) is 0 Å². The van der Waals surface area contributed by atoms with E-state index in [4.69, 9.17) is 0 Å². The number of nitrogens with zero attached hydrogens (tertiary/aromatic N) is 1. The molecule has 0 bridgehead atoms. The zero-order chi connectivity index (χ0) is 13.2. The molecule has 19 heavy (non-hydrogen) atoms. The molecule has 0 unspecified atom stereocenters. The summed E-state index contributed by atoms with van der Waals surface area (Å²) in [4.78, 5) is 7.28. The van der Waals surface area contributed by atoms with Gasteiger partial charge in [-0.25, -0.2) is 13.8 Å². The molecule has 1 fully saturated rings. The highest BCUT2D eigenvalue weighted by Crippen LogP contribution is 2.27. The molecular weight excluding hydrogens is 248 g/mol. The Morgan fingerprint density at radius 1 is 1.21 bits per heavy atom. The van der Waals surface area contributed by atoms with Gasteiger partial charge in [0.25, 0.3) is 0 Å². The molecule has 0 atom stereocenters. The van der Waals surface area contributed by atoms with Crippen LogP contribution in [0.4, 0.5) is 8.78 Å². The minimum Gasteiger partial charge on any atom is -0.341 e. The van der Waals surface area contributed by atoms with Crippen molar-refractivity contribution >= 4 is 0 Å². The highest BCUT2D eigenvalue weighted by Gasteiger charge is 2.20. The highest BCUT2D eigenvalue weighted by molar-refractivity contribution is 5.58.